The van der Waals surface area contributed by atoms with E-state index in [-0.39, 0.29) is 11.6 Å². The summed E-state index contributed by atoms with van der Waals surface area (Å²) in [6.07, 6.45) is 1.53. The molecule has 160 valence electrons. The molecule has 32 heavy (non-hydrogen) atoms. The van der Waals surface area contributed by atoms with E-state index in [0.717, 1.165) is 22.1 Å². The third kappa shape index (κ3) is 4.96. The zero-order valence-electron chi connectivity index (χ0n) is 17.1. The van der Waals surface area contributed by atoms with E-state index in [4.69, 9.17) is 28.6 Å². The molecule has 0 atom stereocenters. The quantitative estimate of drug-likeness (QED) is 0.323. The maximum absolute atomic E-state index is 11.7. The first kappa shape index (κ1) is 21.5. The lowest BCUT2D eigenvalue weighted by Gasteiger charge is -2.13. The van der Waals surface area contributed by atoms with Crippen LogP contribution in [0.1, 0.15) is 10.5 Å². The maximum Gasteiger partial charge on any atom is 0.269 e. The second-order valence-corrected chi connectivity index (χ2v) is 7.62. The van der Waals surface area contributed by atoms with Gasteiger partial charge in [0, 0.05) is 46.5 Å². The van der Waals surface area contributed by atoms with Crippen LogP contribution in [0.25, 0.3) is 10.8 Å². The summed E-state index contributed by atoms with van der Waals surface area (Å²) in [6, 6.07) is 22.2. The van der Waals surface area contributed by atoms with Crippen molar-refractivity contribution in [2.75, 3.05) is 17.7 Å². The van der Waals surface area contributed by atoms with Crippen LogP contribution < -0.4 is 20.7 Å². The van der Waals surface area contributed by atoms with Crippen molar-refractivity contribution >= 4 is 57.0 Å². The number of carbonyl (C=O) groups is 1. The molecule has 4 rings (SSSR count). The van der Waals surface area contributed by atoms with Crippen LogP contribution in [0.15, 0.2) is 79.0 Å². The summed E-state index contributed by atoms with van der Waals surface area (Å²) in [5.74, 6) is 0.864. The van der Waals surface area contributed by atoms with E-state index in [0.29, 0.717) is 21.6 Å². The minimum Gasteiger partial charge on any atom is -0.457 e. The Morgan fingerprint density at radius 3 is 2.47 bits per heavy atom. The molecule has 0 aliphatic heterocycles. The minimum absolute atomic E-state index is 0.274. The summed E-state index contributed by atoms with van der Waals surface area (Å²) in [5, 5.41) is 12.0. The predicted octanol–water partition coefficient (Wildman–Crippen LogP) is 5.85. The van der Waals surface area contributed by atoms with Crippen molar-refractivity contribution < 1.29 is 9.53 Å². The number of pyridine rings is 1. The van der Waals surface area contributed by atoms with Crippen LogP contribution in [0.3, 0.4) is 0 Å². The Morgan fingerprint density at radius 1 is 0.938 bits per heavy atom. The SMILES string of the molecule is CNC(=O)c1cc(Oc2ccc(NC(=S)Nc3cccc4c(Cl)cccc34)cc2)ccn1. The fraction of sp³-hybridized carbons (Fsp3) is 0.0417. The van der Waals surface area contributed by atoms with Gasteiger partial charge in [-0.05, 0) is 54.7 Å². The molecule has 4 aromatic rings. The largest absolute Gasteiger partial charge is 0.457 e. The van der Waals surface area contributed by atoms with Gasteiger partial charge in [0.05, 0.1) is 0 Å². The molecule has 0 unspecified atom stereocenters. The van der Waals surface area contributed by atoms with Gasteiger partial charge in [0.25, 0.3) is 5.91 Å². The van der Waals surface area contributed by atoms with Gasteiger partial charge in [0.1, 0.15) is 17.2 Å². The van der Waals surface area contributed by atoms with Crippen LogP contribution in [-0.4, -0.2) is 23.1 Å². The summed E-state index contributed by atoms with van der Waals surface area (Å²) >= 11 is 11.8. The second kappa shape index (κ2) is 9.64. The first-order valence-corrected chi connectivity index (χ1v) is 10.5. The summed E-state index contributed by atoms with van der Waals surface area (Å²) in [6.45, 7) is 0. The number of anilines is 2. The molecule has 0 saturated heterocycles. The molecule has 6 nitrogen and oxygen atoms in total. The van der Waals surface area contributed by atoms with Crippen LogP contribution in [0.2, 0.25) is 5.02 Å². The van der Waals surface area contributed by atoms with Gasteiger partial charge in [-0.15, -0.1) is 0 Å². The van der Waals surface area contributed by atoms with Crippen LogP contribution in [0.5, 0.6) is 11.5 Å². The lowest BCUT2D eigenvalue weighted by molar-refractivity contribution is 0.0958. The first-order chi connectivity index (χ1) is 15.5. The highest BCUT2D eigenvalue weighted by Crippen LogP contribution is 2.29. The van der Waals surface area contributed by atoms with E-state index in [2.05, 4.69) is 20.9 Å². The van der Waals surface area contributed by atoms with Crippen molar-refractivity contribution in [3.05, 3.63) is 89.7 Å². The van der Waals surface area contributed by atoms with E-state index in [9.17, 15) is 4.79 Å². The van der Waals surface area contributed by atoms with Crippen molar-refractivity contribution in [2.24, 2.45) is 0 Å². The van der Waals surface area contributed by atoms with Crippen molar-refractivity contribution in [3.63, 3.8) is 0 Å². The smallest absolute Gasteiger partial charge is 0.269 e. The van der Waals surface area contributed by atoms with E-state index in [1.807, 2.05) is 60.7 Å². The van der Waals surface area contributed by atoms with Crippen LogP contribution >= 0.6 is 23.8 Å². The number of carbonyl (C=O) groups excluding carboxylic acids is 1. The topological polar surface area (TPSA) is 75.3 Å². The van der Waals surface area contributed by atoms with Crippen molar-refractivity contribution in [1.29, 1.82) is 0 Å². The molecule has 0 aliphatic rings. The van der Waals surface area contributed by atoms with Gasteiger partial charge in [-0.3, -0.25) is 9.78 Å². The molecular formula is C24H19ClN4O2S. The van der Waals surface area contributed by atoms with Crippen LogP contribution in [0, 0.1) is 0 Å². The molecule has 3 N–H and O–H groups in total. The van der Waals surface area contributed by atoms with Gasteiger partial charge in [0.2, 0.25) is 0 Å². The Labute approximate surface area is 195 Å². The Morgan fingerprint density at radius 2 is 1.69 bits per heavy atom. The van der Waals surface area contributed by atoms with Gasteiger partial charge in [0.15, 0.2) is 5.11 Å². The van der Waals surface area contributed by atoms with Crippen LogP contribution in [-0.2, 0) is 0 Å². The molecule has 1 amide bonds. The number of fused-ring (bicyclic) bond motifs is 1. The second-order valence-electron chi connectivity index (χ2n) is 6.80. The molecule has 8 heteroatoms. The summed E-state index contributed by atoms with van der Waals surface area (Å²) in [5.41, 5.74) is 1.95. The monoisotopic (exact) mass is 462 g/mol. The number of rotatable bonds is 5. The summed E-state index contributed by atoms with van der Waals surface area (Å²) in [4.78, 5) is 15.7. The lowest BCUT2D eigenvalue weighted by Crippen LogP contribution is -2.19. The third-order valence-electron chi connectivity index (χ3n) is 4.66. The fourth-order valence-corrected chi connectivity index (χ4v) is 3.60. The van der Waals surface area contributed by atoms with Gasteiger partial charge >= 0.3 is 0 Å². The van der Waals surface area contributed by atoms with Crippen molar-refractivity contribution in [1.82, 2.24) is 10.3 Å². The summed E-state index contributed by atoms with van der Waals surface area (Å²) in [7, 11) is 1.55. The Bertz CT molecular complexity index is 1290. The highest BCUT2D eigenvalue weighted by atomic mass is 35.5. The number of aromatic nitrogens is 1. The molecule has 0 spiro atoms. The molecule has 0 radical (unpaired) electrons. The van der Waals surface area contributed by atoms with Crippen LogP contribution in [0.4, 0.5) is 11.4 Å². The number of thiocarbonyl (C=S) groups is 1. The molecule has 0 aliphatic carbocycles. The normalized spacial score (nSPS) is 10.4. The number of nitrogens with zero attached hydrogens (tertiary/aromatic N) is 1. The third-order valence-corrected chi connectivity index (χ3v) is 5.19. The van der Waals surface area contributed by atoms with E-state index in [1.165, 1.54) is 6.20 Å². The Balaban J connectivity index is 1.42. The molecule has 1 aromatic heterocycles. The van der Waals surface area contributed by atoms with E-state index < -0.39 is 0 Å². The average molecular weight is 463 g/mol. The molecule has 0 saturated carbocycles. The Hall–Kier alpha value is -3.68. The van der Waals surface area contributed by atoms with Gasteiger partial charge in [-0.1, -0.05) is 35.9 Å². The fourth-order valence-electron chi connectivity index (χ4n) is 3.13. The number of halogens is 1. The number of amides is 1. The average Bonchev–Trinajstić information content (AvgIpc) is 2.81. The maximum atomic E-state index is 11.7. The Kier molecular flexibility index (Phi) is 6.49. The molecule has 3 aromatic carbocycles. The van der Waals surface area contributed by atoms with Crippen molar-refractivity contribution in [3.8, 4) is 11.5 Å². The van der Waals surface area contributed by atoms with Gasteiger partial charge < -0.3 is 20.7 Å². The van der Waals surface area contributed by atoms with Gasteiger partial charge in [-0.25, -0.2) is 0 Å². The van der Waals surface area contributed by atoms with Gasteiger partial charge in [-0.2, -0.15) is 0 Å². The van der Waals surface area contributed by atoms with E-state index >= 15 is 0 Å². The highest BCUT2D eigenvalue weighted by molar-refractivity contribution is 7.80. The van der Waals surface area contributed by atoms with E-state index in [1.54, 1.807) is 19.2 Å². The number of hydrogen-bond acceptors (Lipinski definition) is 4. The number of ether oxygens (including phenoxy) is 1. The zero-order valence-corrected chi connectivity index (χ0v) is 18.6. The molecular weight excluding hydrogens is 444 g/mol. The van der Waals surface area contributed by atoms with Crippen molar-refractivity contribution in [2.45, 2.75) is 0 Å². The zero-order chi connectivity index (χ0) is 22.5. The minimum atomic E-state index is -0.274. The number of hydrogen-bond donors (Lipinski definition) is 3. The number of nitrogens with one attached hydrogen (secondary N) is 3. The first-order valence-electron chi connectivity index (χ1n) is 9.75. The number of benzene rings is 3. The molecule has 0 bridgehead atoms. The predicted molar refractivity (Wildman–Crippen MR) is 133 cm³/mol. The standard InChI is InChI=1S/C24H19ClN4O2S/c1-26-23(30)22-14-17(12-13-27-22)31-16-10-8-15(9-11-16)28-24(32)29-21-7-3-4-18-19(21)5-2-6-20(18)25/h2-14H,1H3,(H,26,30)(H2,28,29,32). The molecule has 1 heterocycles. The highest BCUT2D eigenvalue weighted by Gasteiger charge is 2.08. The lowest BCUT2D eigenvalue weighted by atomic mass is 10.1. The molecule has 0 fully saturated rings. The summed E-state index contributed by atoms with van der Waals surface area (Å²) < 4.78 is 5.82.